The minimum atomic E-state index is -0.475. The van der Waals surface area contributed by atoms with Crippen molar-refractivity contribution < 1.29 is 14.6 Å². The molecule has 2 rings (SSSR count). The van der Waals surface area contributed by atoms with Crippen molar-refractivity contribution in [2.45, 2.75) is 25.6 Å². The quantitative estimate of drug-likeness (QED) is 0.860. The number of nitrogens with zero attached hydrogens (tertiary/aromatic N) is 2. The summed E-state index contributed by atoms with van der Waals surface area (Å²) in [6.45, 7) is 5.56. The summed E-state index contributed by atoms with van der Waals surface area (Å²) in [7, 11) is 1.63. The highest BCUT2D eigenvalue weighted by atomic mass is 16.5. The number of carbonyl (C=O) groups excluding carboxylic acids is 1. The first-order valence-corrected chi connectivity index (χ1v) is 7.86. The Morgan fingerprint density at radius 3 is 2.45 bits per heavy atom. The van der Waals surface area contributed by atoms with Crippen molar-refractivity contribution in [2.24, 2.45) is 0 Å². The van der Waals surface area contributed by atoms with Crippen LogP contribution in [-0.2, 0) is 9.53 Å². The van der Waals surface area contributed by atoms with Crippen LogP contribution < -0.4 is 0 Å². The predicted molar refractivity (Wildman–Crippen MR) is 85.5 cm³/mol. The fourth-order valence-corrected chi connectivity index (χ4v) is 2.66. The van der Waals surface area contributed by atoms with Crippen molar-refractivity contribution in [1.82, 2.24) is 9.80 Å². The van der Waals surface area contributed by atoms with Crippen molar-refractivity contribution in [3.63, 3.8) is 0 Å². The molecule has 1 fully saturated rings. The molecule has 0 saturated carbocycles. The van der Waals surface area contributed by atoms with Gasteiger partial charge in [0, 0.05) is 39.8 Å². The highest BCUT2D eigenvalue weighted by molar-refractivity contribution is 5.76. The molecule has 0 bridgehead atoms. The van der Waals surface area contributed by atoms with E-state index in [1.807, 2.05) is 42.2 Å². The van der Waals surface area contributed by atoms with Crippen molar-refractivity contribution in [1.29, 1.82) is 0 Å². The molecule has 0 aliphatic carbocycles. The maximum atomic E-state index is 12.1. The summed E-state index contributed by atoms with van der Waals surface area (Å²) < 4.78 is 5.14. The molecule has 0 unspecified atom stereocenters. The number of methoxy groups -OCH3 is 1. The third-order valence-electron chi connectivity index (χ3n) is 4.20. The average molecular weight is 306 g/mol. The molecule has 22 heavy (non-hydrogen) atoms. The van der Waals surface area contributed by atoms with E-state index in [9.17, 15) is 9.90 Å². The number of hydrogen-bond donors (Lipinski definition) is 1. The zero-order chi connectivity index (χ0) is 15.9. The highest BCUT2D eigenvalue weighted by Gasteiger charge is 2.23. The number of piperazine rings is 1. The maximum Gasteiger partial charge on any atom is 0.225 e. The molecule has 2 atom stereocenters. The number of amides is 1. The molecule has 5 nitrogen and oxygen atoms in total. The van der Waals surface area contributed by atoms with E-state index in [1.165, 1.54) is 0 Å². The van der Waals surface area contributed by atoms with Crippen LogP contribution in [0.15, 0.2) is 30.3 Å². The summed E-state index contributed by atoms with van der Waals surface area (Å²) in [6.07, 6.45) is -0.0780. The fourth-order valence-electron chi connectivity index (χ4n) is 2.66. The molecule has 1 heterocycles. The van der Waals surface area contributed by atoms with Gasteiger partial charge in [-0.1, -0.05) is 30.3 Å². The van der Waals surface area contributed by atoms with E-state index in [0.29, 0.717) is 13.0 Å². The maximum absolute atomic E-state index is 12.1. The number of β-amino-alcohol motifs (C(OH)–C–C–N with tert-alkyl or cyclic N) is 1. The second-order valence-electron chi connectivity index (χ2n) is 5.86. The molecule has 1 aliphatic rings. The lowest BCUT2D eigenvalue weighted by Gasteiger charge is -2.36. The molecule has 1 saturated heterocycles. The molecule has 0 aromatic heterocycles. The average Bonchev–Trinajstić information content (AvgIpc) is 2.56. The number of aliphatic hydroxyl groups is 1. The Kier molecular flexibility index (Phi) is 6.36. The monoisotopic (exact) mass is 306 g/mol. The van der Waals surface area contributed by atoms with Crippen LogP contribution >= 0.6 is 0 Å². The molecule has 0 spiro atoms. The lowest BCUT2D eigenvalue weighted by atomic mass is 10.1. The summed E-state index contributed by atoms with van der Waals surface area (Å²) in [5.41, 5.74) is 0.940. The van der Waals surface area contributed by atoms with Gasteiger partial charge in [-0.3, -0.25) is 9.69 Å². The Bertz CT molecular complexity index is 458. The van der Waals surface area contributed by atoms with Gasteiger partial charge in [-0.05, 0) is 12.5 Å². The lowest BCUT2D eigenvalue weighted by Crippen LogP contribution is -2.50. The third-order valence-corrected chi connectivity index (χ3v) is 4.20. The van der Waals surface area contributed by atoms with Gasteiger partial charge in [0.05, 0.1) is 18.6 Å². The molecule has 1 amide bonds. The molecular formula is C17H26N2O3. The van der Waals surface area contributed by atoms with Gasteiger partial charge in [-0.15, -0.1) is 0 Å². The highest BCUT2D eigenvalue weighted by Crippen LogP contribution is 2.15. The van der Waals surface area contributed by atoms with Gasteiger partial charge in [0.1, 0.15) is 0 Å². The van der Waals surface area contributed by atoms with Crippen LogP contribution in [0, 0.1) is 0 Å². The molecule has 5 heteroatoms. The lowest BCUT2D eigenvalue weighted by molar-refractivity contribution is -0.135. The van der Waals surface area contributed by atoms with Crippen LogP contribution in [0.5, 0.6) is 0 Å². The van der Waals surface area contributed by atoms with Gasteiger partial charge in [-0.25, -0.2) is 0 Å². The Hall–Kier alpha value is -1.43. The Balaban J connectivity index is 1.76. The van der Waals surface area contributed by atoms with Crippen LogP contribution in [0.4, 0.5) is 0 Å². The Morgan fingerprint density at radius 1 is 1.23 bits per heavy atom. The smallest absolute Gasteiger partial charge is 0.225 e. The first-order chi connectivity index (χ1) is 10.6. The van der Waals surface area contributed by atoms with Crippen molar-refractivity contribution in [2.75, 3.05) is 39.8 Å². The number of ether oxygens (including phenoxy) is 1. The van der Waals surface area contributed by atoms with Gasteiger partial charge >= 0.3 is 0 Å². The predicted octanol–water partition coefficient (Wildman–Crippen LogP) is 1.29. The summed E-state index contributed by atoms with van der Waals surface area (Å²) in [4.78, 5) is 16.2. The first-order valence-electron chi connectivity index (χ1n) is 7.86. The number of aliphatic hydroxyl groups excluding tert-OH is 1. The number of rotatable bonds is 6. The van der Waals surface area contributed by atoms with Gasteiger partial charge < -0.3 is 14.7 Å². The van der Waals surface area contributed by atoms with E-state index in [1.54, 1.807) is 7.11 Å². The summed E-state index contributed by atoms with van der Waals surface area (Å²) in [5, 5.41) is 10.3. The van der Waals surface area contributed by atoms with Crippen LogP contribution in [0.1, 0.15) is 25.0 Å². The summed E-state index contributed by atoms with van der Waals surface area (Å²) in [6, 6.07) is 9.70. The summed E-state index contributed by atoms with van der Waals surface area (Å²) >= 11 is 0. The molecule has 1 aromatic rings. The SMILES string of the molecule is CO[C@@H](C)CC(=O)N1CCN(C[C@H](O)c2ccccc2)CC1. The number of benzene rings is 1. The van der Waals surface area contributed by atoms with Crippen LogP contribution in [0.2, 0.25) is 0 Å². The largest absolute Gasteiger partial charge is 0.387 e. The Morgan fingerprint density at radius 2 is 1.86 bits per heavy atom. The van der Waals surface area contributed by atoms with E-state index >= 15 is 0 Å². The number of hydrogen-bond acceptors (Lipinski definition) is 4. The van der Waals surface area contributed by atoms with Crippen molar-refractivity contribution in [3.05, 3.63) is 35.9 Å². The second kappa shape index (κ2) is 8.27. The topological polar surface area (TPSA) is 53.0 Å². The van der Waals surface area contributed by atoms with Crippen LogP contribution in [0.3, 0.4) is 0 Å². The fraction of sp³-hybridized carbons (Fsp3) is 0.588. The number of carbonyl (C=O) groups is 1. The van der Waals surface area contributed by atoms with Crippen molar-refractivity contribution in [3.8, 4) is 0 Å². The molecule has 1 aromatic carbocycles. The van der Waals surface area contributed by atoms with Gasteiger partial charge in [-0.2, -0.15) is 0 Å². The van der Waals surface area contributed by atoms with E-state index in [0.717, 1.165) is 31.7 Å². The van der Waals surface area contributed by atoms with E-state index in [4.69, 9.17) is 4.74 Å². The normalized spacial score (nSPS) is 19.0. The molecular weight excluding hydrogens is 280 g/mol. The zero-order valence-electron chi connectivity index (χ0n) is 13.4. The molecule has 0 radical (unpaired) electrons. The van der Waals surface area contributed by atoms with Crippen molar-refractivity contribution >= 4 is 5.91 Å². The van der Waals surface area contributed by atoms with Crippen LogP contribution in [-0.4, -0.2) is 66.8 Å². The van der Waals surface area contributed by atoms with Gasteiger partial charge in [0.25, 0.3) is 0 Å². The van der Waals surface area contributed by atoms with Gasteiger partial charge in [0.15, 0.2) is 0 Å². The first kappa shape index (κ1) is 16.9. The zero-order valence-corrected chi connectivity index (χ0v) is 13.4. The van der Waals surface area contributed by atoms with Crippen LogP contribution in [0.25, 0.3) is 0 Å². The standard InChI is InChI=1S/C17H26N2O3/c1-14(22-2)12-17(21)19-10-8-18(9-11-19)13-16(20)15-6-4-3-5-7-15/h3-7,14,16,20H,8-13H2,1-2H3/t14-,16-/m0/s1. The summed E-state index contributed by atoms with van der Waals surface area (Å²) in [5.74, 6) is 0.151. The molecule has 1 N–H and O–H groups in total. The van der Waals surface area contributed by atoms with E-state index < -0.39 is 6.10 Å². The minimum absolute atomic E-state index is 0.0366. The molecule has 122 valence electrons. The molecule has 1 aliphatic heterocycles. The Labute approximate surface area is 132 Å². The van der Waals surface area contributed by atoms with Gasteiger partial charge in [0.2, 0.25) is 5.91 Å². The second-order valence-corrected chi connectivity index (χ2v) is 5.86. The van der Waals surface area contributed by atoms with E-state index in [2.05, 4.69) is 4.90 Å². The minimum Gasteiger partial charge on any atom is -0.387 e. The van der Waals surface area contributed by atoms with E-state index in [-0.39, 0.29) is 12.0 Å². The third kappa shape index (κ3) is 4.80.